The van der Waals surface area contributed by atoms with Crippen molar-refractivity contribution < 1.29 is 0 Å². The largest absolute Gasteiger partial charge is 0.324 e. The number of benzene rings is 1. The Morgan fingerprint density at radius 3 is 2.81 bits per heavy atom. The normalized spacial score (nSPS) is 30.1. The summed E-state index contributed by atoms with van der Waals surface area (Å²) in [4.78, 5) is 4.81. The Morgan fingerprint density at radius 2 is 2.10 bits per heavy atom. The molecule has 3 rings (SSSR count). The molecule has 0 bridgehead atoms. The summed E-state index contributed by atoms with van der Waals surface area (Å²) in [5, 5.41) is 1.21. The van der Waals surface area contributed by atoms with Crippen LogP contribution in [0.5, 0.6) is 0 Å². The van der Waals surface area contributed by atoms with Crippen molar-refractivity contribution in [3.8, 4) is 0 Å². The SMILES string of the molecule is CC1CCC(C(C)C)C(N)(Cc2nc3ccccc3s2)C1. The molecule has 1 aliphatic rings. The van der Waals surface area contributed by atoms with Gasteiger partial charge in [-0.15, -0.1) is 11.3 Å². The summed E-state index contributed by atoms with van der Waals surface area (Å²) in [6.45, 7) is 6.98. The smallest absolute Gasteiger partial charge is 0.0957 e. The third-order valence-electron chi connectivity index (χ3n) is 5.06. The molecular weight excluding hydrogens is 276 g/mol. The lowest BCUT2D eigenvalue weighted by Gasteiger charge is -2.45. The van der Waals surface area contributed by atoms with E-state index in [-0.39, 0.29) is 5.54 Å². The molecule has 0 aliphatic heterocycles. The van der Waals surface area contributed by atoms with Crippen LogP contribution in [0.3, 0.4) is 0 Å². The number of nitrogens with two attached hydrogens (primary N) is 1. The molecule has 3 atom stereocenters. The number of rotatable bonds is 3. The molecule has 0 spiro atoms. The molecule has 114 valence electrons. The average Bonchev–Trinajstić information content (AvgIpc) is 2.79. The molecule has 2 N–H and O–H groups in total. The van der Waals surface area contributed by atoms with E-state index >= 15 is 0 Å². The maximum absolute atomic E-state index is 6.92. The zero-order valence-electron chi connectivity index (χ0n) is 13.3. The van der Waals surface area contributed by atoms with Crippen LogP contribution in [0.4, 0.5) is 0 Å². The van der Waals surface area contributed by atoms with Crippen LogP contribution in [-0.2, 0) is 6.42 Å². The van der Waals surface area contributed by atoms with Crippen LogP contribution < -0.4 is 5.73 Å². The minimum Gasteiger partial charge on any atom is -0.324 e. The zero-order chi connectivity index (χ0) is 15.0. The van der Waals surface area contributed by atoms with Gasteiger partial charge in [0.25, 0.3) is 0 Å². The van der Waals surface area contributed by atoms with E-state index in [4.69, 9.17) is 10.7 Å². The summed E-state index contributed by atoms with van der Waals surface area (Å²) in [6.07, 6.45) is 4.65. The average molecular weight is 302 g/mol. The summed E-state index contributed by atoms with van der Waals surface area (Å²) < 4.78 is 1.28. The number of para-hydroxylation sites is 1. The van der Waals surface area contributed by atoms with Crippen molar-refractivity contribution in [3.63, 3.8) is 0 Å². The number of nitrogens with zero attached hydrogens (tertiary/aromatic N) is 1. The standard InChI is InChI=1S/C18H26N2S/c1-12(2)14-9-8-13(3)10-18(14,19)11-17-20-15-6-4-5-7-16(15)21-17/h4-7,12-14H,8-11,19H2,1-3H3. The predicted molar refractivity (Wildman–Crippen MR) is 91.6 cm³/mol. The van der Waals surface area contributed by atoms with Gasteiger partial charge in [0.15, 0.2) is 0 Å². The number of thiazole rings is 1. The van der Waals surface area contributed by atoms with Crippen LogP contribution in [0.15, 0.2) is 24.3 Å². The monoisotopic (exact) mass is 302 g/mol. The molecule has 0 radical (unpaired) electrons. The summed E-state index contributed by atoms with van der Waals surface area (Å²) in [5.41, 5.74) is 7.95. The molecule has 1 aliphatic carbocycles. The lowest BCUT2D eigenvalue weighted by Crippen LogP contribution is -2.54. The topological polar surface area (TPSA) is 38.9 Å². The Kier molecular flexibility index (Phi) is 4.06. The zero-order valence-corrected chi connectivity index (χ0v) is 14.1. The lowest BCUT2D eigenvalue weighted by atomic mass is 9.64. The first-order valence-electron chi connectivity index (χ1n) is 8.11. The molecule has 1 aromatic heterocycles. The van der Waals surface area contributed by atoms with E-state index in [0.717, 1.165) is 24.3 Å². The van der Waals surface area contributed by atoms with E-state index in [2.05, 4.69) is 45.0 Å². The molecule has 2 nitrogen and oxygen atoms in total. The molecule has 21 heavy (non-hydrogen) atoms. The van der Waals surface area contributed by atoms with Crippen molar-refractivity contribution in [2.45, 2.75) is 52.0 Å². The van der Waals surface area contributed by atoms with Crippen LogP contribution >= 0.6 is 11.3 Å². The fourth-order valence-corrected chi connectivity index (χ4v) is 5.23. The third kappa shape index (κ3) is 3.00. The van der Waals surface area contributed by atoms with E-state index in [0.29, 0.717) is 11.8 Å². The van der Waals surface area contributed by atoms with Gasteiger partial charge in [-0.05, 0) is 42.7 Å². The van der Waals surface area contributed by atoms with Gasteiger partial charge >= 0.3 is 0 Å². The Morgan fingerprint density at radius 1 is 1.33 bits per heavy atom. The van der Waals surface area contributed by atoms with Crippen LogP contribution in [0.2, 0.25) is 0 Å². The highest BCUT2D eigenvalue weighted by Gasteiger charge is 2.41. The lowest BCUT2D eigenvalue weighted by molar-refractivity contribution is 0.109. The highest BCUT2D eigenvalue weighted by molar-refractivity contribution is 7.18. The first-order valence-corrected chi connectivity index (χ1v) is 8.93. The molecule has 2 aromatic rings. The minimum absolute atomic E-state index is 0.0836. The van der Waals surface area contributed by atoms with Gasteiger partial charge in [-0.2, -0.15) is 0 Å². The van der Waals surface area contributed by atoms with Crippen molar-refractivity contribution in [3.05, 3.63) is 29.3 Å². The second-order valence-electron chi connectivity index (χ2n) is 7.22. The molecule has 1 heterocycles. The van der Waals surface area contributed by atoms with Crippen molar-refractivity contribution in [1.82, 2.24) is 4.98 Å². The minimum atomic E-state index is -0.0836. The molecular formula is C18H26N2S. The van der Waals surface area contributed by atoms with Gasteiger partial charge in [0.1, 0.15) is 0 Å². The Hall–Kier alpha value is -0.930. The van der Waals surface area contributed by atoms with Gasteiger partial charge in [-0.1, -0.05) is 39.3 Å². The van der Waals surface area contributed by atoms with Crippen molar-refractivity contribution in [1.29, 1.82) is 0 Å². The molecule has 1 saturated carbocycles. The fourth-order valence-electron chi connectivity index (χ4n) is 4.13. The summed E-state index contributed by atoms with van der Waals surface area (Å²) in [5.74, 6) is 2.00. The quantitative estimate of drug-likeness (QED) is 0.898. The van der Waals surface area contributed by atoms with Gasteiger partial charge in [0.2, 0.25) is 0 Å². The van der Waals surface area contributed by atoms with Gasteiger partial charge in [-0.3, -0.25) is 0 Å². The van der Waals surface area contributed by atoms with Gasteiger partial charge in [0.05, 0.1) is 15.2 Å². The van der Waals surface area contributed by atoms with Gasteiger partial charge in [-0.25, -0.2) is 4.98 Å². The third-order valence-corrected chi connectivity index (χ3v) is 6.10. The molecule has 0 saturated heterocycles. The molecule has 1 fully saturated rings. The number of hydrogen-bond donors (Lipinski definition) is 1. The highest BCUT2D eigenvalue weighted by atomic mass is 32.1. The van der Waals surface area contributed by atoms with E-state index in [9.17, 15) is 0 Å². The van der Waals surface area contributed by atoms with Crippen LogP contribution in [0.25, 0.3) is 10.2 Å². The maximum Gasteiger partial charge on any atom is 0.0957 e. The Bertz CT molecular complexity index is 585. The molecule has 3 heteroatoms. The fraction of sp³-hybridized carbons (Fsp3) is 0.611. The van der Waals surface area contributed by atoms with Gasteiger partial charge in [0, 0.05) is 12.0 Å². The number of aromatic nitrogens is 1. The predicted octanol–water partition coefficient (Wildman–Crippen LogP) is 4.63. The van der Waals surface area contributed by atoms with E-state index in [1.807, 2.05) is 11.3 Å². The van der Waals surface area contributed by atoms with E-state index in [1.165, 1.54) is 22.5 Å². The summed E-state index contributed by atoms with van der Waals surface area (Å²) in [6, 6.07) is 8.40. The number of fused-ring (bicyclic) bond motifs is 1. The first-order chi connectivity index (χ1) is 9.98. The second kappa shape index (κ2) is 5.69. The Balaban J connectivity index is 1.88. The first kappa shape index (κ1) is 15.0. The second-order valence-corrected chi connectivity index (χ2v) is 8.34. The van der Waals surface area contributed by atoms with Crippen molar-refractivity contribution in [2.75, 3.05) is 0 Å². The molecule has 0 amide bonds. The van der Waals surface area contributed by atoms with Crippen LogP contribution in [0.1, 0.15) is 45.0 Å². The van der Waals surface area contributed by atoms with Gasteiger partial charge < -0.3 is 5.73 Å². The van der Waals surface area contributed by atoms with E-state index < -0.39 is 0 Å². The van der Waals surface area contributed by atoms with Crippen LogP contribution in [-0.4, -0.2) is 10.5 Å². The van der Waals surface area contributed by atoms with Crippen LogP contribution in [0, 0.1) is 17.8 Å². The van der Waals surface area contributed by atoms with Crippen molar-refractivity contribution in [2.24, 2.45) is 23.5 Å². The van der Waals surface area contributed by atoms with Crippen molar-refractivity contribution >= 4 is 21.6 Å². The molecule has 3 unspecified atom stereocenters. The van der Waals surface area contributed by atoms with E-state index in [1.54, 1.807) is 0 Å². The Labute approximate surface area is 131 Å². The molecule has 1 aromatic carbocycles. The highest BCUT2D eigenvalue weighted by Crippen LogP contribution is 2.42. The summed E-state index contributed by atoms with van der Waals surface area (Å²) in [7, 11) is 0. The summed E-state index contributed by atoms with van der Waals surface area (Å²) >= 11 is 1.81. The number of hydrogen-bond acceptors (Lipinski definition) is 3. The maximum atomic E-state index is 6.92.